The van der Waals surface area contributed by atoms with Crippen molar-refractivity contribution in [3.8, 4) is 0 Å². The molecule has 2 aromatic rings. The first-order chi connectivity index (χ1) is 14.2. The average Bonchev–Trinajstić information content (AvgIpc) is 2.72. The highest BCUT2D eigenvalue weighted by molar-refractivity contribution is 7.91. The molecule has 3 rings (SSSR count). The minimum Gasteiger partial charge on any atom is -0.465 e. The fourth-order valence-electron chi connectivity index (χ4n) is 3.21. The highest BCUT2D eigenvalue weighted by Gasteiger charge is 2.30. The molecule has 0 radical (unpaired) electrons. The zero-order valence-electron chi connectivity index (χ0n) is 16.8. The lowest BCUT2D eigenvalue weighted by atomic mass is 10.1. The van der Waals surface area contributed by atoms with Crippen molar-refractivity contribution in [3.05, 3.63) is 65.0 Å². The second-order valence-electron chi connectivity index (χ2n) is 7.15. The number of benzene rings is 2. The molecule has 2 aromatic carbocycles. The van der Waals surface area contributed by atoms with Gasteiger partial charge in [0.2, 0.25) is 0 Å². The van der Waals surface area contributed by atoms with E-state index in [1.807, 2.05) is 0 Å². The summed E-state index contributed by atoms with van der Waals surface area (Å²) in [6.07, 6.45) is 0. The summed E-state index contributed by atoms with van der Waals surface area (Å²) in [5.74, 6) is -1.25. The number of sulfone groups is 1. The van der Waals surface area contributed by atoms with Crippen molar-refractivity contribution in [2.24, 2.45) is 0 Å². The number of hydrogen-bond donors (Lipinski definition) is 0. The van der Waals surface area contributed by atoms with Crippen molar-refractivity contribution in [1.82, 2.24) is 4.90 Å². The van der Waals surface area contributed by atoms with Gasteiger partial charge >= 0.3 is 12.0 Å². The summed E-state index contributed by atoms with van der Waals surface area (Å²) in [5, 5.41) is 0. The Labute approximate surface area is 175 Å². The lowest BCUT2D eigenvalue weighted by Crippen LogP contribution is -2.50. The molecule has 0 aliphatic carbocycles. The van der Waals surface area contributed by atoms with E-state index in [-0.39, 0.29) is 36.8 Å². The molecule has 0 bridgehead atoms. The van der Waals surface area contributed by atoms with E-state index in [1.165, 1.54) is 29.0 Å². The Morgan fingerprint density at radius 1 is 1.10 bits per heavy atom. The summed E-state index contributed by atoms with van der Waals surface area (Å²) in [6, 6.07) is 10.6. The molecule has 0 unspecified atom stereocenters. The maximum absolute atomic E-state index is 14.7. The molecule has 2 amide bonds. The Kier molecular flexibility index (Phi) is 6.40. The average molecular weight is 434 g/mol. The number of anilines is 1. The first kappa shape index (κ1) is 21.8. The van der Waals surface area contributed by atoms with Crippen LogP contribution in [-0.2, 0) is 21.1 Å². The summed E-state index contributed by atoms with van der Waals surface area (Å²) in [5.41, 5.74) is 1.87. The standard InChI is InChI=1S/C21H23FN2O5S/c1-15-3-8-19(18(22)13-15)24(21(26)23-9-11-30(27,28)12-10-23)14-16-4-6-17(7-5-16)20(25)29-2/h3-8,13H,9-12,14H2,1-2H3. The van der Waals surface area contributed by atoms with E-state index >= 15 is 0 Å². The number of hydrogen-bond acceptors (Lipinski definition) is 5. The minimum atomic E-state index is -3.16. The van der Waals surface area contributed by atoms with Crippen LogP contribution in [0.25, 0.3) is 0 Å². The number of carbonyl (C=O) groups is 2. The van der Waals surface area contributed by atoms with Crippen molar-refractivity contribution in [2.75, 3.05) is 36.6 Å². The lowest BCUT2D eigenvalue weighted by molar-refractivity contribution is 0.0600. The summed E-state index contributed by atoms with van der Waals surface area (Å²) >= 11 is 0. The third kappa shape index (κ3) is 4.96. The molecule has 0 aromatic heterocycles. The number of amides is 2. The SMILES string of the molecule is COC(=O)c1ccc(CN(C(=O)N2CCS(=O)(=O)CC2)c2ccc(C)cc2F)cc1. The number of urea groups is 1. The first-order valence-electron chi connectivity index (χ1n) is 9.40. The van der Waals surface area contributed by atoms with Crippen LogP contribution >= 0.6 is 0 Å². The molecule has 30 heavy (non-hydrogen) atoms. The van der Waals surface area contributed by atoms with Gasteiger partial charge in [-0.05, 0) is 42.3 Å². The molecule has 0 N–H and O–H groups in total. The van der Waals surface area contributed by atoms with E-state index in [4.69, 9.17) is 0 Å². The number of methoxy groups -OCH3 is 1. The van der Waals surface area contributed by atoms with Gasteiger partial charge in [0, 0.05) is 13.1 Å². The Bertz CT molecular complexity index is 1040. The van der Waals surface area contributed by atoms with Gasteiger partial charge in [-0.15, -0.1) is 0 Å². The topological polar surface area (TPSA) is 84.0 Å². The third-order valence-corrected chi connectivity index (χ3v) is 6.56. The highest BCUT2D eigenvalue weighted by Crippen LogP contribution is 2.25. The maximum Gasteiger partial charge on any atom is 0.337 e. The van der Waals surface area contributed by atoms with E-state index in [2.05, 4.69) is 4.74 Å². The maximum atomic E-state index is 14.7. The number of rotatable bonds is 4. The second-order valence-corrected chi connectivity index (χ2v) is 9.45. The van der Waals surface area contributed by atoms with Gasteiger partial charge in [0.15, 0.2) is 9.84 Å². The van der Waals surface area contributed by atoms with Crippen molar-refractivity contribution >= 4 is 27.5 Å². The molecule has 1 fully saturated rings. The Balaban J connectivity index is 1.89. The molecular formula is C21H23FN2O5S. The van der Waals surface area contributed by atoms with Crippen molar-refractivity contribution in [2.45, 2.75) is 13.5 Å². The zero-order valence-corrected chi connectivity index (χ0v) is 17.6. The van der Waals surface area contributed by atoms with Crippen LogP contribution in [-0.4, -0.2) is 57.0 Å². The largest absolute Gasteiger partial charge is 0.465 e. The molecule has 0 atom stereocenters. The van der Waals surface area contributed by atoms with E-state index in [0.717, 1.165) is 5.56 Å². The fraction of sp³-hybridized carbons (Fsp3) is 0.333. The van der Waals surface area contributed by atoms with Crippen molar-refractivity contribution < 1.29 is 27.1 Å². The molecule has 0 saturated carbocycles. The smallest absolute Gasteiger partial charge is 0.337 e. The van der Waals surface area contributed by atoms with Gasteiger partial charge < -0.3 is 9.64 Å². The fourth-order valence-corrected chi connectivity index (χ4v) is 4.41. The van der Waals surface area contributed by atoms with E-state index in [1.54, 1.807) is 37.3 Å². The molecule has 7 nitrogen and oxygen atoms in total. The summed E-state index contributed by atoms with van der Waals surface area (Å²) in [4.78, 5) is 27.5. The van der Waals surface area contributed by atoms with Crippen LogP contribution in [0.15, 0.2) is 42.5 Å². The Morgan fingerprint density at radius 2 is 1.73 bits per heavy atom. The van der Waals surface area contributed by atoms with Gasteiger partial charge in [-0.3, -0.25) is 4.90 Å². The zero-order chi connectivity index (χ0) is 21.9. The molecule has 1 saturated heterocycles. The number of carbonyl (C=O) groups excluding carboxylic acids is 2. The summed E-state index contributed by atoms with van der Waals surface area (Å²) < 4.78 is 42.8. The van der Waals surface area contributed by atoms with Gasteiger partial charge in [-0.2, -0.15) is 0 Å². The van der Waals surface area contributed by atoms with Crippen LogP contribution in [0.5, 0.6) is 0 Å². The molecule has 160 valence electrons. The summed E-state index contributed by atoms with van der Waals surface area (Å²) in [6.45, 7) is 1.93. The highest BCUT2D eigenvalue weighted by atomic mass is 32.2. The van der Waals surface area contributed by atoms with Crippen LogP contribution in [0.3, 0.4) is 0 Å². The lowest BCUT2D eigenvalue weighted by Gasteiger charge is -2.33. The first-order valence-corrected chi connectivity index (χ1v) is 11.2. The third-order valence-electron chi connectivity index (χ3n) is 4.96. The second kappa shape index (κ2) is 8.83. The number of aryl methyl sites for hydroxylation is 1. The van der Waals surface area contributed by atoms with E-state index < -0.39 is 27.7 Å². The molecule has 1 heterocycles. The van der Waals surface area contributed by atoms with Crippen LogP contribution in [0.4, 0.5) is 14.9 Å². The Hall–Kier alpha value is -2.94. The van der Waals surface area contributed by atoms with Crippen molar-refractivity contribution in [1.29, 1.82) is 0 Å². The monoisotopic (exact) mass is 434 g/mol. The minimum absolute atomic E-state index is 0.0590. The number of halogens is 1. The van der Waals surface area contributed by atoms with Crippen LogP contribution in [0, 0.1) is 12.7 Å². The number of esters is 1. The summed E-state index contributed by atoms with van der Waals surface area (Å²) in [7, 11) is -1.87. The van der Waals surface area contributed by atoms with Crippen LogP contribution in [0.1, 0.15) is 21.5 Å². The molecule has 1 aliphatic rings. The molecule has 1 aliphatic heterocycles. The molecule has 0 spiro atoms. The predicted molar refractivity (Wildman–Crippen MR) is 111 cm³/mol. The van der Waals surface area contributed by atoms with Gasteiger partial charge in [0.25, 0.3) is 0 Å². The molecular weight excluding hydrogens is 411 g/mol. The van der Waals surface area contributed by atoms with Gasteiger partial charge in [-0.1, -0.05) is 18.2 Å². The van der Waals surface area contributed by atoms with Crippen molar-refractivity contribution in [3.63, 3.8) is 0 Å². The number of ether oxygens (including phenoxy) is 1. The van der Waals surface area contributed by atoms with Crippen LogP contribution < -0.4 is 4.90 Å². The predicted octanol–water partition coefficient (Wildman–Crippen LogP) is 2.78. The van der Waals surface area contributed by atoms with E-state index in [0.29, 0.717) is 11.1 Å². The van der Waals surface area contributed by atoms with Gasteiger partial charge in [0.1, 0.15) is 5.82 Å². The Morgan fingerprint density at radius 3 is 2.30 bits per heavy atom. The normalized spacial score (nSPS) is 15.5. The van der Waals surface area contributed by atoms with Gasteiger partial charge in [0.05, 0.1) is 36.4 Å². The quantitative estimate of drug-likeness (QED) is 0.691. The number of nitrogens with zero attached hydrogens (tertiary/aromatic N) is 2. The van der Waals surface area contributed by atoms with Gasteiger partial charge in [-0.25, -0.2) is 22.4 Å². The van der Waals surface area contributed by atoms with E-state index in [9.17, 15) is 22.4 Å². The van der Waals surface area contributed by atoms with Crippen LogP contribution in [0.2, 0.25) is 0 Å². The molecule has 9 heteroatoms.